The third-order valence-corrected chi connectivity index (χ3v) is 4.41. The van der Waals surface area contributed by atoms with Crippen LogP contribution in [0.3, 0.4) is 0 Å². The van der Waals surface area contributed by atoms with Crippen LogP contribution in [0.4, 0.5) is 17.1 Å². The Bertz CT molecular complexity index is 1070. The summed E-state index contributed by atoms with van der Waals surface area (Å²) >= 11 is 5.97. The first kappa shape index (κ1) is 19.3. The van der Waals surface area contributed by atoms with Crippen molar-refractivity contribution in [1.29, 1.82) is 0 Å². The zero-order valence-corrected chi connectivity index (χ0v) is 15.4. The maximum Gasteiger partial charge on any atom is 0.337 e. The number of nitrogen functional groups attached to an aromatic ring is 1. The molecule has 0 amide bonds. The van der Waals surface area contributed by atoms with Crippen LogP contribution < -0.4 is 11.1 Å². The molecule has 3 rings (SSSR count). The molecular formula is C21H17ClN2O4. The normalized spacial score (nSPS) is 10.5. The molecule has 0 atom stereocenters. The first-order valence-electron chi connectivity index (χ1n) is 8.34. The molecule has 0 spiro atoms. The summed E-state index contributed by atoms with van der Waals surface area (Å²) in [7, 11) is 0. The highest BCUT2D eigenvalue weighted by atomic mass is 35.5. The first-order chi connectivity index (χ1) is 13.3. The van der Waals surface area contributed by atoms with Crippen LogP contribution in [0.2, 0.25) is 5.02 Å². The predicted molar refractivity (Wildman–Crippen MR) is 109 cm³/mol. The number of carbonyl (C=O) groups is 2. The average molecular weight is 397 g/mol. The highest BCUT2D eigenvalue weighted by molar-refractivity contribution is 6.30. The average Bonchev–Trinajstić information content (AvgIpc) is 2.64. The van der Waals surface area contributed by atoms with Gasteiger partial charge in [-0.3, -0.25) is 0 Å². The van der Waals surface area contributed by atoms with Crippen LogP contribution in [-0.4, -0.2) is 22.2 Å². The summed E-state index contributed by atoms with van der Waals surface area (Å²) in [5, 5.41) is 22.4. The fourth-order valence-electron chi connectivity index (χ4n) is 2.84. The molecule has 0 saturated carbocycles. The molecule has 0 aliphatic rings. The Hall–Kier alpha value is -3.51. The molecule has 3 aromatic carbocycles. The molecule has 0 radical (unpaired) electrons. The van der Waals surface area contributed by atoms with Crippen molar-refractivity contribution >= 4 is 40.6 Å². The Morgan fingerprint density at radius 2 is 1.54 bits per heavy atom. The van der Waals surface area contributed by atoms with E-state index >= 15 is 0 Å². The van der Waals surface area contributed by atoms with Gasteiger partial charge in [-0.2, -0.15) is 0 Å². The number of hydrogen-bond donors (Lipinski definition) is 4. The molecule has 6 nitrogen and oxygen atoms in total. The van der Waals surface area contributed by atoms with E-state index in [4.69, 9.17) is 17.3 Å². The van der Waals surface area contributed by atoms with Gasteiger partial charge in [0.25, 0.3) is 0 Å². The predicted octanol–water partition coefficient (Wildman–Crippen LogP) is 4.65. The topological polar surface area (TPSA) is 113 Å². The fraction of sp³-hybridized carbons (Fsp3) is 0.0476. The van der Waals surface area contributed by atoms with Crippen molar-refractivity contribution in [2.45, 2.75) is 6.42 Å². The van der Waals surface area contributed by atoms with E-state index in [0.717, 1.165) is 11.1 Å². The molecule has 28 heavy (non-hydrogen) atoms. The number of halogens is 1. The number of hydrogen-bond acceptors (Lipinski definition) is 4. The van der Waals surface area contributed by atoms with E-state index in [-0.39, 0.29) is 16.8 Å². The van der Waals surface area contributed by atoms with E-state index in [2.05, 4.69) is 5.32 Å². The summed E-state index contributed by atoms with van der Waals surface area (Å²) in [6.45, 7) is 0. The van der Waals surface area contributed by atoms with Crippen molar-refractivity contribution in [2.24, 2.45) is 0 Å². The number of rotatable bonds is 6. The van der Waals surface area contributed by atoms with Crippen LogP contribution in [0.5, 0.6) is 0 Å². The maximum atomic E-state index is 11.7. The van der Waals surface area contributed by atoms with Crippen LogP contribution in [0.1, 0.15) is 31.8 Å². The largest absolute Gasteiger partial charge is 0.478 e. The van der Waals surface area contributed by atoms with Crippen molar-refractivity contribution < 1.29 is 19.8 Å². The number of benzene rings is 3. The number of anilines is 3. The molecule has 142 valence electrons. The number of carboxylic acids is 2. The fourth-order valence-corrected chi connectivity index (χ4v) is 3.03. The smallest absolute Gasteiger partial charge is 0.337 e. The molecule has 0 aromatic heterocycles. The lowest BCUT2D eigenvalue weighted by molar-refractivity contribution is 0.0687. The van der Waals surface area contributed by atoms with Gasteiger partial charge in [-0.1, -0.05) is 29.8 Å². The van der Waals surface area contributed by atoms with Gasteiger partial charge in [-0.15, -0.1) is 0 Å². The number of aromatic carboxylic acids is 2. The zero-order chi connectivity index (χ0) is 20.3. The van der Waals surface area contributed by atoms with Crippen molar-refractivity contribution in [3.63, 3.8) is 0 Å². The van der Waals surface area contributed by atoms with Crippen molar-refractivity contribution in [1.82, 2.24) is 0 Å². The highest BCUT2D eigenvalue weighted by Crippen LogP contribution is 2.26. The lowest BCUT2D eigenvalue weighted by Crippen LogP contribution is -2.05. The van der Waals surface area contributed by atoms with Gasteiger partial charge in [0.05, 0.1) is 16.8 Å². The lowest BCUT2D eigenvalue weighted by Gasteiger charge is -2.12. The second-order valence-corrected chi connectivity index (χ2v) is 6.66. The molecule has 0 bridgehead atoms. The number of nitrogens with two attached hydrogens (primary N) is 1. The summed E-state index contributed by atoms with van der Waals surface area (Å²) in [6.07, 6.45) is 0.373. The second kappa shape index (κ2) is 8.02. The summed E-state index contributed by atoms with van der Waals surface area (Å²) < 4.78 is 0. The molecule has 0 heterocycles. The molecule has 0 unspecified atom stereocenters. The minimum Gasteiger partial charge on any atom is -0.478 e. The van der Waals surface area contributed by atoms with Crippen molar-refractivity contribution in [2.75, 3.05) is 11.1 Å². The van der Waals surface area contributed by atoms with E-state index in [1.807, 2.05) is 0 Å². The van der Waals surface area contributed by atoms with Crippen LogP contribution in [0, 0.1) is 0 Å². The van der Waals surface area contributed by atoms with Gasteiger partial charge in [0.2, 0.25) is 0 Å². The monoisotopic (exact) mass is 396 g/mol. The van der Waals surface area contributed by atoms with E-state index < -0.39 is 11.9 Å². The summed E-state index contributed by atoms with van der Waals surface area (Å²) in [4.78, 5) is 22.9. The Morgan fingerprint density at radius 3 is 2.18 bits per heavy atom. The van der Waals surface area contributed by atoms with Gasteiger partial charge in [-0.05, 0) is 60.0 Å². The van der Waals surface area contributed by atoms with E-state index in [9.17, 15) is 19.8 Å². The van der Waals surface area contributed by atoms with Gasteiger partial charge >= 0.3 is 11.9 Å². The standard InChI is InChI=1S/C21H17ClN2O4/c22-14-2-1-3-15(11-14)24-19-7-5-13(10-17(19)21(27)28)8-12-4-6-18(23)16(9-12)20(25)26/h1-7,9-11,24H,8,23H2,(H,25,26)(H,27,28). The van der Waals surface area contributed by atoms with Crippen LogP contribution in [0.25, 0.3) is 0 Å². The minimum atomic E-state index is -1.10. The quantitative estimate of drug-likeness (QED) is 0.451. The number of nitrogens with one attached hydrogen (secondary N) is 1. The molecular weight excluding hydrogens is 380 g/mol. The van der Waals surface area contributed by atoms with Crippen LogP contribution in [0.15, 0.2) is 60.7 Å². The van der Waals surface area contributed by atoms with Gasteiger partial charge in [0, 0.05) is 16.4 Å². The second-order valence-electron chi connectivity index (χ2n) is 6.22. The van der Waals surface area contributed by atoms with E-state index in [1.54, 1.807) is 48.5 Å². The van der Waals surface area contributed by atoms with E-state index in [0.29, 0.717) is 22.8 Å². The van der Waals surface area contributed by atoms with Gasteiger partial charge in [0.15, 0.2) is 0 Å². The molecule has 0 aliphatic carbocycles. The SMILES string of the molecule is Nc1ccc(Cc2ccc(Nc3cccc(Cl)c3)c(C(=O)O)c2)cc1C(=O)O. The maximum absolute atomic E-state index is 11.7. The summed E-state index contributed by atoms with van der Waals surface area (Å²) in [5.74, 6) is -2.18. The molecule has 3 aromatic rings. The molecule has 0 fully saturated rings. The van der Waals surface area contributed by atoms with Crippen molar-refractivity contribution in [3.05, 3.63) is 87.9 Å². The Kier molecular flexibility index (Phi) is 5.52. The van der Waals surface area contributed by atoms with Gasteiger partial charge < -0.3 is 21.3 Å². The van der Waals surface area contributed by atoms with Crippen LogP contribution in [-0.2, 0) is 6.42 Å². The number of carboxylic acid groups (broad SMARTS) is 2. The highest BCUT2D eigenvalue weighted by Gasteiger charge is 2.13. The molecule has 7 heteroatoms. The third kappa shape index (κ3) is 4.42. The Labute approximate surface area is 166 Å². The molecule has 5 N–H and O–H groups in total. The van der Waals surface area contributed by atoms with Crippen LogP contribution >= 0.6 is 11.6 Å². The van der Waals surface area contributed by atoms with E-state index in [1.165, 1.54) is 12.1 Å². The van der Waals surface area contributed by atoms with Gasteiger partial charge in [0.1, 0.15) is 0 Å². The molecule has 0 saturated heterocycles. The van der Waals surface area contributed by atoms with Crippen molar-refractivity contribution in [3.8, 4) is 0 Å². The Morgan fingerprint density at radius 1 is 0.893 bits per heavy atom. The lowest BCUT2D eigenvalue weighted by atomic mass is 9.99. The zero-order valence-electron chi connectivity index (χ0n) is 14.6. The van der Waals surface area contributed by atoms with Gasteiger partial charge in [-0.25, -0.2) is 9.59 Å². The Balaban J connectivity index is 1.90. The molecule has 0 aliphatic heterocycles. The third-order valence-electron chi connectivity index (χ3n) is 4.17. The first-order valence-corrected chi connectivity index (χ1v) is 8.72. The summed E-state index contributed by atoms with van der Waals surface area (Å²) in [6, 6.07) is 16.8. The summed E-state index contributed by atoms with van der Waals surface area (Å²) in [5.41, 5.74) is 8.54. The minimum absolute atomic E-state index is 0.0233.